The molecule has 4 heterocycles. The fraction of sp³-hybridized carbons (Fsp3) is 0.929. The van der Waals surface area contributed by atoms with E-state index in [2.05, 4.69) is 136 Å². The zero-order valence-corrected chi connectivity index (χ0v) is 35.8. The molecule has 9 nitrogen and oxygen atoms in total. The summed E-state index contributed by atoms with van der Waals surface area (Å²) in [5.74, 6) is 3.64. The molecule has 4 rings (SSSR count). The molecule has 1 aromatic rings. The molecule has 51 heavy (non-hydrogen) atoms. The van der Waals surface area contributed by atoms with Gasteiger partial charge in [0.25, 0.3) is 0 Å². The molecule has 294 valence electrons. The van der Waals surface area contributed by atoms with Crippen LogP contribution in [0, 0.1) is 17.8 Å². The molecule has 3 aliphatic rings. The highest BCUT2D eigenvalue weighted by molar-refractivity contribution is 5.44. The zero-order chi connectivity index (χ0) is 38.0. The van der Waals surface area contributed by atoms with Crippen molar-refractivity contribution in [3.05, 3.63) is 0 Å². The lowest BCUT2D eigenvalue weighted by molar-refractivity contribution is 0.115. The van der Waals surface area contributed by atoms with Gasteiger partial charge >= 0.3 is 0 Å². The fourth-order valence-electron chi connectivity index (χ4n) is 11.3. The molecule has 0 radical (unpaired) electrons. The van der Waals surface area contributed by atoms with Gasteiger partial charge in [-0.25, -0.2) is 0 Å². The van der Waals surface area contributed by atoms with Crippen molar-refractivity contribution in [2.45, 2.75) is 232 Å². The van der Waals surface area contributed by atoms with Gasteiger partial charge in [0.05, 0.1) is 0 Å². The number of nitrogens with zero attached hydrogens (tertiary/aromatic N) is 3. The molecule has 3 aliphatic heterocycles. The second-order valence-electron chi connectivity index (χ2n) is 21.1. The summed E-state index contributed by atoms with van der Waals surface area (Å²) >= 11 is 0. The van der Waals surface area contributed by atoms with Crippen LogP contribution in [0.15, 0.2) is 0 Å². The summed E-state index contributed by atoms with van der Waals surface area (Å²) in [6.45, 7) is 35.1. The van der Waals surface area contributed by atoms with Crippen molar-refractivity contribution in [3.8, 4) is 0 Å². The average molecular weight is 712 g/mol. The minimum atomic E-state index is 0.0756. The fourth-order valence-corrected chi connectivity index (χ4v) is 11.3. The molecule has 3 saturated heterocycles. The molecule has 3 unspecified atom stereocenters. The Morgan fingerprint density at radius 3 is 0.804 bits per heavy atom. The maximum atomic E-state index is 5.20. The van der Waals surface area contributed by atoms with Crippen LogP contribution in [0.1, 0.15) is 181 Å². The number of anilines is 3. The van der Waals surface area contributed by atoms with Crippen LogP contribution in [0.2, 0.25) is 0 Å². The van der Waals surface area contributed by atoms with Gasteiger partial charge in [0.15, 0.2) is 0 Å². The van der Waals surface area contributed by atoms with Gasteiger partial charge < -0.3 is 31.9 Å². The maximum Gasteiger partial charge on any atom is 0.229 e. The standard InChI is InChI=1S/C42H81N9/c1-16-19-31(28-22-37(4,5)49-38(6,7)23-28)43-34-46-35(44-32(20-17-2)29-24-39(8,9)50-40(10,11)25-29)48-36(47-34)45-33(21-18-3)30-26-41(12,13)51-42(14,15)27-30/h28-33,49-51H,16-27H2,1-15H3,(H3,43,44,45,46,47,48). The summed E-state index contributed by atoms with van der Waals surface area (Å²) in [6.07, 6.45) is 13.3. The zero-order valence-electron chi connectivity index (χ0n) is 35.8. The molecule has 0 aliphatic carbocycles. The van der Waals surface area contributed by atoms with Gasteiger partial charge in [-0.2, -0.15) is 15.0 Å². The number of hydrogen-bond acceptors (Lipinski definition) is 9. The smallest absolute Gasteiger partial charge is 0.229 e. The molecule has 0 bridgehead atoms. The molecule has 0 aromatic carbocycles. The van der Waals surface area contributed by atoms with Gasteiger partial charge in [-0.3, -0.25) is 0 Å². The number of piperidine rings is 3. The van der Waals surface area contributed by atoms with E-state index in [0.717, 1.165) is 77.0 Å². The molecular formula is C42H81N9. The highest BCUT2D eigenvalue weighted by Crippen LogP contribution is 2.40. The minimum absolute atomic E-state index is 0.0756. The van der Waals surface area contributed by atoms with Crippen molar-refractivity contribution >= 4 is 17.8 Å². The van der Waals surface area contributed by atoms with Gasteiger partial charge in [-0.15, -0.1) is 0 Å². The van der Waals surface area contributed by atoms with E-state index in [1.54, 1.807) is 0 Å². The van der Waals surface area contributed by atoms with E-state index in [1.807, 2.05) is 0 Å². The van der Waals surface area contributed by atoms with Gasteiger partial charge in [0, 0.05) is 51.4 Å². The number of nitrogens with one attached hydrogen (secondary N) is 6. The Balaban J connectivity index is 1.71. The predicted molar refractivity (Wildman–Crippen MR) is 219 cm³/mol. The molecule has 6 N–H and O–H groups in total. The van der Waals surface area contributed by atoms with Crippen LogP contribution in [-0.2, 0) is 0 Å². The summed E-state index contributed by atoms with van der Waals surface area (Å²) in [5, 5.41) is 23.5. The molecular weight excluding hydrogens is 631 g/mol. The van der Waals surface area contributed by atoms with Crippen molar-refractivity contribution < 1.29 is 0 Å². The Labute approximate surface area is 314 Å². The van der Waals surface area contributed by atoms with Crippen molar-refractivity contribution in [2.24, 2.45) is 17.8 Å². The first-order valence-electron chi connectivity index (χ1n) is 20.9. The first-order valence-corrected chi connectivity index (χ1v) is 20.9. The van der Waals surface area contributed by atoms with Gasteiger partial charge in [0.2, 0.25) is 17.8 Å². The highest BCUT2D eigenvalue weighted by atomic mass is 15.3. The van der Waals surface area contributed by atoms with E-state index in [1.165, 1.54) is 0 Å². The molecule has 3 fully saturated rings. The summed E-state index contributed by atoms with van der Waals surface area (Å²) in [6, 6.07) is 0.857. The summed E-state index contributed by atoms with van der Waals surface area (Å²) in [4.78, 5) is 15.6. The van der Waals surface area contributed by atoms with Crippen LogP contribution in [0.5, 0.6) is 0 Å². The van der Waals surface area contributed by atoms with E-state index in [9.17, 15) is 0 Å². The van der Waals surface area contributed by atoms with Crippen molar-refractivity contribution in [1.82, 2.24) is 30.9 Å². The van der Waals surface area contributed by atoms with E-state index in [0.29, 0.717) is 35.6 Å². The lowest BCUT2D eigenvalue weighted by Crippen LogP contribution is -2.60. The van der Waals surface area contributed by atoms with E-state index in [4.69, 9.17) is 15.0 Å². The Kier molecular flexibility index (Phi) is 13.1. The monoisotopic (exact) mass is 712 g/mol. The van der Waals surface area contributed by atoms with Crippen molar-refractivity contribution in [2.75, 3.05) is 16.0 Å². The van der Waals surface area contributed by atoms with Gasteiger partial charge in [-0.05, 0) is 159 Å². The van der Waals surface area contributed by atoms with Crippen LogP contribution in [0.25, 0.3) is 0 Å². The third-order valence-electron chi connectivity index (χ3n) is 11.8. The Morgan fingerprint density at radius 1 is 0.431 bits per heavy atom. The second kappa shape index (κ2) is 15.9. The number of rotatable bonds is 15. The first-order chi connectivity index (χ1) is 23.4. The molecule has 9 heteroatoms. The average Bonchev–Trinajstić information content (AvgIpc) is 2.91. The van der Waals surface area contributed by atoms with E-state index in [-0.39, 0.29) is 51.4 Å². The lowest BCUT2D eigenvalue weighted by Gasteiger charge is -2.49. The van der Waals surface area contributed by atoms with Crippen LogP contribution in [0.4, 0.5) is 17.8 Å². The number of hydrogen-bond donors (Lipinski definition) is 6. The molecule has 0 spiro atoms. The predicted octanol–water partition coefficient (Wildman–Crippen LogP) is 9.28. The third-order valence-corrected chi connectivity index (χ3v) is 11.8. The summed E-state index contributed by atoms with van der Waals surface area (Å²) in [7, 11) is 0. The Bertz CT molecular complexity index is 1060. The largest absolute Gasteiger partial charge is 0.351 e. The van der Waals surface area contributed by atoms with Crippen LogP contribution < -0.4 is 31.9 Å². The number of aromatic nitrogens is 3. The minimum Gasteiger partial charge on any atom is -0.351 e. The van der Waals surface area contributed by atoms with Gasteiger partial charge in [-0.1, -0.05) is 40.0 Å². The normalized spacial score (nSPS) is 26.2. The van der Waals surface area contributed by atoms with Crippen molar-refractivity contribution in [1.29, 1.82) is 0 Å². The topological polar surface area (TPSA) is 111 Å². The third kappa shape index (κ3) is 12.4. The second-order valence-corrected chi connectivity index (χ2v) is 21.1. The quantitative estimate of drug-likeness (QED) is 0.106. The Hall–Kier alpha value is -1.71. The summed E-state index contributed by atoms with van der Waals surface area (Å²) < 4.78 is 0. The van der Waals surface area contributed by atoms with E-state index < -0.39 is 0 Å². The first kappa shape index (κ1) is 42.0. The van der Waals surface area contributed by atoms with Crippen LogP contribution >= 0.6 is 0 Å². The van der Waals surface area contributed by atoms with Crippen LogP contribution in [-0.4, -0.2) is 66.3 Å². The maximum absolute atomic E-state index is 5.20. The summed E-state index contributed by atoms with van der Waals surface area (Å²) in [5.41, 5.74) is 0.453. The molecule has 0 amide bonds. The highest BCUT2D eigenvalue weighted by Gasteiger charge is 2.43. The van der Waals surface area contributed by atoms with Crippen molar-refractivity contribution in [3.63, 3.8) is 0 Å². The lowest BCUT2D eigenvalue weighted by atomic mass is 9.72. The molecule has 0 saturated carbocycles. The molecule has 1 aromatic heterocycles. The van der Waals surface area contributed by atoms with Gasteiger partial charge in [0.1, 0.15) is 0 Å². The Morgan fingerprint density at radius 2 is 0.627 bits per heavy atom. The van der Waals surface area contributed by atoms with Crippen LogP contribution in [0.3, 0.4) is 0 Å². The molecule has 3 atom stereocenters. The van der Waals surface area contributed by atoms with E-state index >= 15 is 0 Å². The SMILES string of the molecule is CCCC(Nc1nc(NC(CCC)C2CC(C)(C)NC(C)(C)C2)nc(NC(CCC)C2CC(C)(C)NC(C)(C)C2)n1)C1CC(C)(C)NC(C)(C)C1.